The molecule has 0 N–H and O–H groups in total. The van der Waals surface area contributed by atoms with Gasteiger partial charge in [-0.2, -0.15) is 0 Å². The maximum Gasteiger partial charge on any atom is 0.229 e. The van der Waals surface area contributed by atoms with Crippen molar-refractivity contribution in [1.29, 1.82) is 0 Å². The molecule has 2 aromatic rings. The van der Waals surface area contributed by atoms with Crippen LogP contribution < -0.4 is 0 Å². The van der Waals surface area contributed by atoms with Crippen LogP contribution in [0.5, 0.6) is 0 Å². The highest BCUT2D eigenvalue weighted by Gasteiger charge is 2.34. The first-order valence-corrected chi connectivity index (χ1v) is 9.73. The van der Waals surface area contributed by atoms with Gasteiger partial charge in [-0.1, -0.05) is 6.42 Å². The first-order valence-electron chi connectivity index (χ1n) is 8.85. The van der Waals surface area contributed by atoms with Crippen LogP contribution >= 0.6 is 11.3 Å². The van der Waals surface area contributed by atoms with Gasteiger partial charge in [0.25, 0.3) is 0 Å². The van der Waals surface area contributed by atoms with Gasteiger partial charge in [0.2, 0.25) is 5.91 Å². The predicted octanol–water partition coefficient (Wildman–Crippen LogP) is 2.68. The zero-order chi connectivity index (χ0) is 16.5. The minimum Gasteiger partial charge on any atom is -0.332 e. The Balaban J connectivity index is 1.54. The van der Waals surface area contributed by atoms with E-state index in [2.05, 4.69) is 19.7 Å². The van der Waals surface area contributed by atoms with Crippen molar-refractivity contribution in [2.24, 2.45) is 0 Å². The second-order valence-electron chi connectivity index (χ2n) is 6.72. The molecule has 2 aromatic heterocycles. The Morgan fingerprint density at radius 1 is 1.25 bits per heavy atom. The van der Waals surface area contributed by atoms with Gasteiger partial charge < -0.3 is 9.47 Å². The molecule has 6 nitrogen and oxygen atoms in total. The number of aromatic nitrogens is 4. The van der Waals surface area contributed by atoms with Gasteiger partial charge in [0.15, 0.2) is 5.82 Å². The van der Waals surface area contributed by atoms with Gasteiger partial charge in [-0.25, -0.2) is 4.98 Å². The van der Waals surface area contributed by atoms with Gasteiger partial charge >= 0.3 is 0 Å². The molecule has 1 saturated heterocycles. The van der Waals surface area contributed by atoms with Gasteiger partial charge in [0.05, 0.1) is 23.2 Å². The molecule has 1 atom stereocenters. The summed E-state index contributed by atoms with van der Waals surface area (Å²) >= 11 is 1.60. The SMILES string of the molecule is Cc1nc(CC(=O)N2CCC[C@H]2c2nnc3n2CCCCC3)cs1. The van der Waals surface area contributed by atoms with Crippen LogP contribution in [0.25, 0.3) is 0 Å². The number of carbonyl (C=O) groups is 1. The Kier molecular flexibility index (Phi) is 4.35. The Hall–Kier alpha value is -1.76. The fourth-order valence-electron chi connectivity index (χ4n) is 3.83. The van der Waals surface area contributed by atoms with E-state index in [1.54, 1.807) is 11.3 Å². The molecular weight excluding hydrogens is 322 g/mol. The molecule has 2 aliphatic heterocycles. The maximum absolute atomic E-state index is 12.8. The highest BCUT2D eigenvalue weighted by Crippen LogP contribution is 2.32. The third-order valence-corrected chi connectivity index (χ3v) is 5.83. The molecule has 0 unspecified atom stereocenters. The maximum atomic E-state index is 12.8. The van der Waals surface area contributed by atoms with Gasteiger partial charge in [-0.05, 0) is 32.6 Å². The molecule has 0 saturated carbocycles. The molecule has 1 amide bonds. The topological polar surface area (TPSA) is 63.9 Å². The molecule has 24 heavy (non-hydrogen) atoms. The molecule has 0 aliphatic carbocycles. The minimum atomic E-state index is 0.0802. The number of likely N-dealkylation sites (tertiary alicyclic amines) is 1. The summed E-state index contributed by atoms with van der Waals surface area (Å²) in [5.41, 5.74) is 0.883. The number of aryl methyl sites for hydroxylation is 2. The quantitative estimate of drug-likeness (QED) is 0.858. The highest BCUT2D eigenvalue weighted by atomic mass is 32.1. The molecule has 7 heteroatoms. The fourth-order valence-corrected chi connectivity index (χ4v) is 4.45. The number of hydrogen-bond donors (Lipinski definition) is 0. The zero-order valence-corrected chi connectivity index (χ0v) is 14.9. The first-order chi connectivity index (χ1) is 11.7. The van der Waals surface area contributed by atoms with Gasteiger partial charge in [0, 0.05) is 24.9 Å². The van der Waals surface area contributed by atoms with Crippen LogP contribution in [0.2, 0.25) is 0 Å². The third-order valence-electron chi connectivity index (χ3n) is 5.01. The minimum absolute atomic E-state index is 0.0802. The van der Waals surface area contributed by atoms with E-state index >= 15 is 0 Å². The number of rotatable bonds is 3. The van der Waals surface area contributed by atoms with E-state index in [0.717, 1.165) is 54.7 Å². The van der Waals surface area contributed by atoms with E-state index in [1.807, 2.05) is 17.2 Å². The lowest BCUT2D eigenvalue weighted by Crippen LogP contribution is -2.33. The lowest BCUT2D eigenvalue weighted by molar-refractivity contribution is -0.131. The van der Waals surface area contributed by atoms with E-state index < -0.39 is 0 Å². The Bertz CT molecular complexity index is 737. The molecule has 4 heterocycles. The average molecular weight is 345 g/mol. The summed E-state index contributed by atoms with van der Waals surface area (Å²) in [5, 5.41) is 11.9. The summed E-state index contributed by atoms with van der Waals surface area (Å²) in [6.45, 7) is 3.78. The first kappa shape index (κ1) is 15.7. The van der Waals surface area contributed by atoms with Crippen LogP contribution in [0.1, 0.15) is 60.5 Å². The fraction of sp³-hybridized carbons (Fsp3) is 0.647. The standard InChI is InChI=1S/C17H23N5OS/c1-12-18-13(11-24-12)10-16(23)21-9-5-6-14(21)17-20-19-15-7-3-2-4-8-22(15)17/h11,14H,2-10H2,1H3/t14-/m0/s1. The van der Waals surface area contributed by atoms with Crippen molar-refractivity contribution in [2.75, 3.05) is 6.54 Å². The molecule has 0 spiro atoms. The van der Waals surface area contributed by atoms with Gasteiger partial charge in [-0.15, -0.1) is 21.5 Å². The van der Waals surface area contributed by atoms with Crippen LogP contribution in [0, 0.1) is 6.92 Å². The summed E-state index contributed by atoms with van der Waals surface area (Å²) in [7, 11) is 0. The summed E-state index contributed by atoms with van der Waals surface area (Å²) in [4.78, 5) is 19.2. The molecule has 0 bridgehead atoms. The number of thiazole rings is 1. The monoisotopic (exact) mass is 345 g/mol. The van der Waals surface area contributed by atoms with E-state index in [4.69, 9.17) is 0 Å². The van der Waals surface area contributed by atoms with Gasteiger partial charge in [-0.3, -0.25) is 4.79 Å². The van der Waals surface area contributed by atoms with Crippen molar-refractivity contribution >= 4 is 17.2 Å². The van der Waals surface area contributed by atoms with Crippen LogP contribution in [-0.2, 0) is 24.2 Å². The summed E-state index contributed by atoms with van der Waals surface area (Å²) in [6, 6.07) is 0.0802. The normalized spacial score (nSPS) is 20.9. The zero-order valence-electron chi connectivity index (χ0n) is 14.1. The summed E-state index contributed by atoms with van der Waals surface area (Å²) in [6.07, 6.45) is 7.03. The molecule has 0 radical (unpaired) electrons. The summed E-state index contributed by atoms with van der Waals surface area (Å²) in [5.74, 6) is 2.25. The van der Waals surface area contributed by atoms with E-state index in [9.17, 15) is 4.79 Å². The number of fused-ring (bicyclic) bond motifs is 1. The smallest absolute Gasteiger partial charge is 0.229 e. The highest BCUT2D eigenvalue weighted by molar-refractivity contribution is 7.09. The number of nitrogens with zero attached hydrogens (tertiary/aromatic N) is 5. The van der Waals surface area contributed by atoms with Crippen molar-refractivity contribution in [3.8, 4) is 0 Å². The van der Waals surface area contributed by atoms with Crippen molar-refractivity contribution in [3.05, 3.63) is 27.7 Å². The molecule has 0 aromatic carbocycles. The number of carbonyl (C=O) groups excluding carboxylic acids is 1. The van der Waals surface area contributed by atoms with Crippen molar-refractivity contribution < 1.29 is 4.79 Å². The third kappa shape index (κ3) is 2.97. The second-order valence-corrected chi connectivity index (χ2v) is 7.78. The molecule has 1 fully saturated rings. The molecular formula is C17H23N5OS. The van der Waals surface area contributed by atoms with E-state index in [-0.39, 0.29) is 11.9 Å². The molecule has 4 rings (SSSR count). The van der Waals surface area contributed by atoms with Crippen molar-refractivity contribution in [3.63, 3.8) is 0 Å². The number of amides is 1. The lowest BCUT2D eigenvalue weighted by Gasteiger charge is -2.24. The average Bonchev–Trinajstić information content (AvgIpc) is 3.24. The predicted molar refractivity (Wildman–Crippen MR) is 91.8 cm³/mol. The van der Waals surface area contributed by atoms with Crippen molar-refractivity contribution in [2.45, 2.75) is 64.5 Å². The van der Waals surface area contributed by atoms with Gasteiger partial charge in [0.1, 0.15) is 5.82 Å². The Morgan fingerprint density at radius 3 is 3.00 bits per heavy atom. The Morgan fingerprint density at radius 2 is 2.17 bits per heavy atom. The molecule has 128 valence electrons. The van der Waals surface area contributed by atoms with Crippen LogP contribution in [0.3, 0.4) is 0 Å². The largest absolute Gasteiger partial charge is 0.332 e. The van der Waals surface area contributed by atoms with E-state index in [0.29, 0.717) is 6.42 Å². The molecule has 2 aliphatic rings. The van der Waals surface area contributed by atoms with Crippen LogP contribution in [-0.4, -0.2) is 37.1 Å². The number of hydrogen-bond acceptors (Lipinski definition) is 5. The lowest BCUT2D eigenvalue weighted by atomic mass is 10.2. The Labute approximate surface area is 145 Å². The van der Waals surface area contributed by atoms with Crippen LogP contribution in [0.15, 0.2) is 5.38 Å². The summed E-state index contributed by atoms with van der Waals surface area (Å²) < 4.78 is 2.27. The second kappa shape index (κ2) is 6.63. The van der Waals surface area contributed by atoms with Crippen LogP contribution in [0.4, 0.5) is 0 Å². The van der Waals surface area contributed by atoms with Crippen molar-refractivity contribution in [1.82, 2.24) is 24.6 Å². The van der Waals surface area contributed by atoms with E-state index in [1.165, 1.54) is 19.3 Å².